The molecule has 6 nitrogen and oxygen atoms in total. The largest absolute Gasteiger partial charge is 0.401 e. The van der Waals surface area contributed by atoms with Crippen LogP contribution in [0.1, 0.15) is 0 Å². The lowest BCUT2D eigenvalue weighted by atomic mass is 10.4. The normalized spacial score (nSPS) is 10.4. The predicted molar refractivity (Wildman–Crippen MR) is 54.8 cm³/mol. The summed E-state index contributed by atoms with van der Waals surface area (Å²) in [7, 11) is 3.10. The average Bonchev–Trinajstić information content (AvgIpc) is 2.68. The Morgan fingerprint density at radius 1 is 1.35 bits per heavy atom. The van der Waals surface area contributed by atoms with E-state index in [0.29, 0.717) is 6.07 Å². The summed E-state index contributed by atoms with van der Waals surface area (Å²) >= 11 is 0. The second kappa shape index (κ2) is 4.32. The van der Waals surface area contributed by atoms with E-state index in [0.717, 1.165) is 0 Å². The quantitative estimate of drug-likeness (QED) is 0.878. The molecule has 0 saturated carbocycles. The summed E-state index contributed by atoms with van der Waals surface area (Å²) in [6.07, 6.45) is 1.38. The molecule has 0 spiro atoms. The molecule has 1 N–H and O–H groups in total. The van der Waals surface area contributed by atoms with E-state index in [2.05, 4.69) is 20.4 Å². The van der Waals surface area contributed by atoms with Crippen molar-refractivity contribution in [1.82, 2.24) is 19.7 Å². The number of aromatic nitrogens is 4. The fraction of sp³-hybridized carbons (Fsp3) is 0.222. The van der Waals surface area contributed by atoms with Crippen LogP contribution in [0.3, 0.4) is 0 Å². The van der Waals surface area contributed by atoms with E-state index < -0.39 is 11.6 Å². The summed E-state index contributed by atoms with van der Waals surface area (Å²) in [6.45, 7) is 0. The molecule has 0 fully saturated rings. The van der Waals surface area contributed by atoms with Crippen molar-refractivity contribution in [3.05, 3.63) is 24.0 Å². The fourth-order valence-electron chi connectivity index (χ4n) is 1.15. The van der Waals surface area contributed by atoms with Crippen LogP contribution in [0.15, 0.2) is 12.4 Å². The van der Waals surface area contributed by atoms with Crippen molar-refractivity contribution in [3.8, 4) is 11.9 Å². The van der Waals surface area contributed by atoms with Crippen LogP contribution in [0.2, 0.25) is 0 Å². The Morgan fingerprint density at radius 2 is 2.12 bits per heavy atom. The third-order valence-corrected chi connectivity index (χ3v) is 1.90. The van der Waals surface area contributed by atoms with Crippen LogP contribution in [0.25, 0.3) is 0 Å². The van der Waals surface area contributed by atoms with E-state index in [1.54, 1.807) is 7.05 Å². The number of anilines is 1. The number of hydrogen-bond acceptors (Lipinski definition) is 5. The van der Waals surface area contributed by atoms with E-state index in [1.807, 2.05) is 0 Å². The lowest BCUT2D eigenvalue weighted by Crippen LogP contribution is -2.01. The smallest absolute Gasteiger partial charge is 0.342 e. The zero-order valence-corrected chi connectivity index (χ0v) is 9.11. The van der Waals surface area contributed by atoms with Gasteiger partial charge in [0.15, 0.2) is 17.5 Å². The Labute approximate surface area is 95.3 Å². The zero-order chi connectivity index (χ0) is 12.4. The molecule has 0 amide bonds. The standard InChI is InChI=1S/C9H9F2N5O/c1-12-7-5(10)3-6(11)8(14-7)17-9-13-4-16(2)15-9/h3-4H,1-2H3,(H,12,14). The highest BCUT2D eigenvalue weighted by atomic mass is 19.1. The van der Waals surface area contributed by atoms with Gasteiger partial charge >= 0.3 is 6.01 Å². The molecule has 17 heavy (non-hydrogen) atoms. The first-order chi connectivity index (χ1) is 8.10. The summed E-state index contributed by atoms with van der Waals surface area (Å²) in [4.78, 5) is 7.36. The van der Waals surface area contributed by atoms with Crippen molar-refractivity contribution >= 4 is 5.82 Å². The first kappa shape index (κ1) is 11.2. The Hall–Kier alpha value is -2.25. The minimum Gasteiger partial charge on any atom is -0.401 e. The van der Waals surface area contributed by atoms with Gasteiger partial charge in [0.05, 0.1) is 0 Å². The van der Waals surface area contributed by atoms with Crippen molar-refractivity contribution in [2.75, 3.05) is 12.4 Å². The van der Waals surface area contributed by atoms with Gasteiger partial charge in [0.1, 0.15) is 6.33 Å². The Balaban J connectivity index is 2.32. The number of pyridine rings is 1. The van der Waals surface area contributed by atoms with Crippen LogP contribution >= 0.6 is 0 Å². The summed E-state index contributed by atoms with van der Waals surface area (Å²) in [5.74, 6) is -2.22. The summed E-state index contributed by atoms with van der Waals surface area (Å²) in [5, 5.41) is 6.26. The molecular weight excluding hydrogens is 232 g/mol. The Morgan fingerprint density at radius 3 is 2.71 bits per heavy atom. The van der Waals surface area contributed by atoms with Crippen LogP contribution in [-0.4, -0.2) is 26.8 Å². The molecule has 2 rings (SSSR count). The lowest BCUT2D eigenvalue weighted by Gasteiger charge is -2.05. The maximum absolute atomic E-state index is 13.3. The number of rotatable bonds is 3. The molecule has 0 unspecified atom stereocenters. The topological polar surface area (TPSA) is 64.9 Å². The van der Waals surface area contributed by atoms with E-state index in [-0.39, 0.29) is 17.7 Å². The molecule has 0 atom stereocenters. The molecule has 0 bridgehead atoms. The van der Waals surface area contributed by atoms with Crippen LogP contribution in [-0.2, 0) is 7.05 Å². The predicted octanol–water partition coefficient (Wildman–Crippen LogP) is 1.32. The van der Waals surface area contributed by atoms with Gasteiger partial charge in [-0.2, -0.15) is 9.97 Å². The van der Waals surface area contributed by atoms with Crippen molar-refractivity contribution in [1.29, 1.82) is 0 Å². The SMILES string of the molecule is CNc1nc(Oc2ncn(C)n2)c(F)cc1F. The monoisotopic (exact) mass is 241 g/mol. The van der Waals surface area contributed by atoms with Crippen molar-refractivity contribution < 1.29 is 13.5 Å². The van der Waals surface area contributed by atoms with Crippen molar-refractivity contribution in [2.45, 2.75) is 0 Å². The lowest BCUT2D eigenvalue weighted by molar-refractivity contribution is 0.389. The molecular formula is C9H9F2N5O. The highest BCUT2D eigenvalue weighted by molar-refractivity contribution is 5.39. The number of aryl methyl sites for hydroxylation is 1. The van der Waals surface area contributed by atoms with Gasteiger partial charge in [-0.05, 0) is 0 Å². The molecule has 90 valence electrons. The van der Waals surface area contributed by atoms with Gasteiger partial charge < -0.3 is 10.1 Å². The minimum absolute atomic E-state index is 0.0624. The van der Waals surface area contributed by atoms with E-state index in [4.69, 9.17) is 4.74 Å². The van der Waals surface area contributed by atoms with E-state index >= 15 is 0 Å². The summed E-state index contributed by atoms with van der Waals surface area (Å²) in [6, 6.07) is 0.615. The third-order valence-electron chi connectivity index (χ3n) is 1.90. The van der Waals surface area contributed by atoms with Gasteiger partial charge in [0, 0.05) is 20.2 Å². The van der Waals surface area contributed by atoms with Gasteiger partial charge in [-0.1, -0.05) is 0 Å². The summed E-state index contributed by atoms with van der Waals surface area (Å²) in [5.41, 5.74) is 0. The van der Waals surface area contributed by atoms with Gasteiger partial charge in [0.2, 0.25) is 0 Å². The molecule has 8 heteroatoms. The Bertz CT molecular complexity index is 542. The highest BCUT2D eigenvalue weighted by Gasteiger charge is 2.14. The van der Waals surface area contributed by atoms with E-state index in [1.165, 1.54) is 18.1 Å². The highest BCUT2D eigenvalue weighted by Crippen LogP contribution is 2.23. The van der Waals surface area contributed by atoms with Crippen LogP contribution in [0.4, 0.5) is 14.6 Å². The molecule has 0 radical (unpaired) electrons. The van der Waals surface area contributed by atoms with Gasteiger partial charge in [-0.25, -0.2) is 8.78 Å². The van der Waals surface area contributed by atoms with Crippen molar-refractivity contribution in [2.24, 2.45) is 7.05 Å². The molecule has 0 saturated heterocycles. The van der Waals surface area contributed by atoms with Gasteiger partial charge in [0.25, 0.3) is 5.88 Å². The average molecular weight is 241 g/mol. The molecule has 2 heterocycles. The van der Waals surface area contributed by atoms with Crippen LogP contribution in [0, 0.1) is 11.6 Å². The maximum Gasteiger partial charge on any atom is 0.342 e. The van der Waals surface area contributed by atoms with Crippen LogP contribution < -0.4 is 10.1 Å². The molecule has 0 aliphatic carbocycles. The van der Waals surface area contributed by atoms with Gasteiger partial charge in [-0.15, -0.1) is 5.10 Å². The molecule has 0 aliphatic rings. The number of nitrogens with zero attached hydrogens (tertiary/aromatic N) is 4. The second-order valence-corrected chi connectivity index (χ2v) is 3.16. The third kappa shape index (κ3) is 2.30. The molecule has 0 aliphatic heterocycles. The van der Waals surface area contributed by atoms with Crippen molar-refractivity contribution in [3.63, 3.8) is 0 Å². The second-order valence-electron chi connectivity index (χ2n) is 3.16. The van der Waals surface area contributed by atoms with Crippen LogP contribution in [0.5, 0.6) is 11.9 Å². The number of halogens is 2. The molecule has 2 aromatic rings. The first-order valence-electron chi connectivity index (χ1n) is 4.67. The Kier molecular flexibility index (Phi) is 2.86. The molecule has 0 aromatic carbocycles. The van der Waals surface area contributed by atoms with E-state index in [9.17, 15) is 8.78 Å². The molecule has 2 aromatic heterocycles. The summed E-state index contributed by atoms with van der Waals surface area (Å²) < 4.78 is 32.8. The number of hydrogen-bond donors (Lipinski definition) is 1. The van der Waals surface area contributed by atoms with Gasteiger partial charge in [-0.3, -0.25) is 4.68 Å². The first-order valence-corrected chi connectivity index (χ1v) is 4.67. The number of ether oxygens (including phenoxy) is 1. The fourth-order valence-corrected chi connectivity index (χ4v) is 1.15. The maximum atomic E-state index is 13.3. The number of nitrogens with one attached hydrogen (secondary N) is 1. The minimum atomic E-state index is -0.922. The zero-order valence-electron chi connectivity index (χ0n) is 9.11.